The van der Waals surface area contributed by atoms with Gasteiger partial charge in [0.2, 0.25) is 5.78 Å². The van der Waals surface area contributed by atoms with E-state index < -0.39 is 5.97 Å². The predicted octanol–water partition coefficient (Wildman–Crippen LogP) is 5.48. The number of carbonyl (C=O) groups excluding carboxylic acids is 2. The average Bonchev–Trinajstić information content (AvgIpc) is 3.42. The molecule has 5 nitrogen and oxygen atoms in total. The highest BCUT2D eigenvalue weighted by molar-refractivity contribution is 7.16. The molecule has 2 aromatic heterocycles. The number of hydrogen-bond acceptors (Lipinski definition) is 5. The van der Waals surface area contributed by atoms with Crippen molar-refractivity contribution in [2.45, 2.75) is 6.54 Å². The van der Waals surface area contributed by atoms with E-state index in [2.05, 4.69) is 4.98 Å². The standard InChI is InChI=1S/C23H17ClN2O3S/c1-29-23(28)18-13-17(24)8-6-15(18)4-2-10-26-11-3-5-20(26)22(27)16-7-9-19-21(12-16)30-14-25-19/h2-9,11-14H,10H2,1H3/b4-2+. The van der Waals surface area contributed by atoms with Gasteiger partial charge in [0.1, 0.15) is 0 Å². The summed E-state index contributed by atoms with van der Waals surface area (Å²) in [5, 5.41) is 0.462. The number of halogens is 1. The van der Waals surface area contributed by atoms with E-state index in [1.54, 1.807) is 35.8 Å². The Morgan fingerprint density at radius 1 is 1.20 bits per heavy atom. The van der Waals surface area contributed by atoms with Crippen molar-refractivity contribution in [3.8, 4) is 0 Å². The number of fused-ring (bicyclic) bond motifs is 1. The maximum absolute atomic E-state index is 13.0. The maximum atomic E-state index is 13.0. The third kappa shape index (κ3) is 4.06. The molecular weight excluding hydrogens is 420 g/mol. The molecule has 4 aromatic rings. The Kier molecular flexibility index (Phi) is 5.79. The Morgan fingerprint density at radius 2 is 2.07 bits per heavy atom. The van der Waals surface area contributed by atoms with Crippen LogP contribution in [0.2, 0.25) is 5.02 Å². The fraction of sp³-hybridized carbons (Fsp3) is 0.0870. The lowest BCUT2D eigenvalue weighted by Gasteiger charge is -2.07. The largest absolute Gasteiger partial charge is 0.465 e. The third-order valence-corrected chi connectivity index (χ3v) is 5.70. The smallest absolute Gasteiger partial charge is 0.338 e. The van der Waals surface area contributed by atoms with Gasteiger partial charge in [0.25, 0.3) is 0 Å². The van der Waals surface area contributed by atoms with Gasteiger partial charge in [-0.05, 0) is 48.0 Å². The van der Waals surface area contributed by atoms with Crippen LogP contribution in [0.5, 0.6) is 0 Å². The number of esters is 1. The first-order valence-electron chi connectivity index (χ1n) is 9.14. The predicted molar refractivity (Wildman–Crippen MR) is 119 cm³/mol. The Balaban J connectivity index is 1.56. The van der Waals surface area contributed by atoms with E-state index >= 15 is 0 Å². The number of aromatic nitrogens is 2. The van der Waals surface area contributed by atoms with Crippen molar-refractivity contribution in [2.24, 2.45) is 0 Å². The van der Waals surface area contributed by atoms with E-state index in [1.807, 2.05) is 41.1 Å². The van der Waals surface area contributed by atoms with Crippen LogP contribution in [-0.2, 0) is 11.3 Å². The topological polar surface area (TPSA) is 61.2 Å². The summed E-state index contributed by atoms with van der Waals surface area (Å²) in [5.74, 6) is -0.502. The van der Waals surface area contributed by atoms with Crippen molar-refractivity contribution < 1.29 is 14.3 Å². The lowest BCUT2D eigenvalue weighted by molar-refractivity contribution is 0.0600. The summed E-state index contributed by atoms with van der Waals surface area (Å²) in [4.78, 5) is 29.2. The number of benzene rings is 2. The molecule has 2 heterocycles. The van der Waals surface area contributed by atoms with Crippen LogP contribution < -0.4 is 0 Å². The van der Waals surface area contributed by atoms with Crippen LogP contribution in [0.3, 0.4) is 0 Å². The van der Waals surface area contributed by atoms with Gasteiger partial charge < -0.3 is 9.30 Å². The molecule has 0 radical (unpaired) electrons. The zero-order valence-corrected chi connectivity index (χ0v) is 17.6. The molecule has 30 heavy (non-hydrogen) atoms. The quantitative estimate of drug-likeness (QED) is 0.296. The van der Waals surface area contributed by atoms with Crippen molar-refractivity contribution in [1.82, 2.24) is 9.55 Å². The van der Waals surface area contributed by atoms with Crippen LogP contribution in [0.15, 0.2) is 66.3 Å². The molecule has 0 aliphatic rings. The number of hydrogen-bond donors (Lipinski definition) is 0. The van der Waals surface area contributed by atoms with E-state index in [1.165, 1.54) is 18.4 Å². The van der Waals surface area contributed by atoms with Crippen LogP contribution in [0, 0.1) is 0 Å². The SMILES string of the molecule is COC(=O)c1cc(Cl)ccc1/C=C/Cn1cccc1C(=O)c1ccc2ncsc2c1. The number of thiazole rings is 1. The van der Waals surface area contributed by atoms with E-state index in [9.17, 15) is 9.59 Å². The fourth-order valence-corrected chi connectivity index (χ4v) is 4.07. The highest BCUT2D eigenvalue weighted by atomic mass is 35.5. The summed E-state index contributed by atoms with van der Waals surface area (Å²) in [6.45, 7) is 0.472. The summed E-state index contributed by atoms with van der Waals surface area (Å²) in [6.07, 6.45) is 5.56. The fourth-order valence-electron chi connectivity index (χ4n) is 3.18. The third-order valence-electron chi connectivity index (χ3n) is 4.68. The molecule has 0 aliphatic heterocycles. The van der Waals surface area contributed by atoms with Crippen LogP contribution >= 0.6 is 22.9 Å². The van der Waals surface area contributed by atoms with Gasteiger partial charge in [-0.15, -0.1) is 11.3 Å². The molecule has 0 amide bonds. The summed E-state index contributed by atoms with van der Waals surface area (Å²) in [7, 11) is 1.33. The molecule has 0 aliphatic carbocycles. The normalized spacial score (nSPS) is 11.3. The molecule has 0 unspecified atom stereocenters. The molecule has 0 bridgehead atoms. The molecular formula is C23H17ClN2O3S. The van der Waals surface area contributed by atoms with Crippen molar-refractivity contribution in [3.63, 3.8) is 0 Å². The second-order valence-electron chi connectivity index (χ2n) is 6.54. The maximum Gasteiger partial charge on any atom is 0.338 e. The molecule has 7 heteroatoms. The average molecular weight is 437 g/mol. The van der Waals surface area contributed by atoms with Gasteiger partial charge in [-0.25, -0.2) is 9.78 Å². The van der Waals surface area contributed by atoms with E-state index in [0.717, 1.165) is 10.2 Å². The van der Waals surface area contributed by atoms with Gasteiger partial charge in [0.05, 0.1) is 34.1 Å². The summed E-state index contributed by atoms with van der Waals surface area (Å²) >= 11 is 7.51. The minimum Gasteiger partial charge on any atom is -0.465 e. The van der Waals surface area contributed by atoms with Crippen LogP contribution in [-0.4, -0.2) is 28.4 Å². The summed E-state index contributed by atoms with van der Waals surface area (Å²) in [6, 6.07) is 14.2. The second-order valence-corrected chi connectivity index (χ2v) is 7.86. The monoisotopic (exact) mass is 436 g/mol. The zero-order valence-electron chi connectivity index (χ0n) is 16.0. The minimum absolute atomic E-state index is 0.0505. The minimum atomic E-state index is -0.451. The molecule has 0 fully saturated rings. The lowest BCUT2D eigenvalue weighted by atomic mass is 10.1. The first-order valence-corrected chi connectivity index (χ1v) is 10.4. The van der Waals surface area contributed by atoms with Gasteiger partial charge in [-0.1, -0.05) is 29.8 Å². The Bertz CT molecular complexity index is 1270. The van der Waals surface area contributed by atoms with Crippen LogP contribution in [0.4, 0.5) is 0 Å². The number of ether oxygens (including phenoxy) is 1. The molecule has 0 saturated carbocycles. The van der Waals surface area contributed by atoms with Crippen molar-refractivity contribution in [3.05, 3.63) is 93.7 Å². The molecule has 2 aromatic carbocycles. The zero-order chi connectivity index (χ0) is 21.1. The highest BCUT2D eigenvalue weighted by Gasteiger charge is 2.14. The van der Waals surface area contributed by atoms with Crippen LogP contribution in [0.1, 0.15) is 32.0 Å². The number of ketones is 1. The molecule has 150 valence electrons. The van der Waals surface area contributed by atoms with Crippen molar-refractivity contribution in [2.75, 3.05) is 7.11 Å². The molecule has 0 spiro atoms. The number of allylic oxidation sites excluding steroid dienone is 1. The van der Waals surface area contributed by atoms with Crippen molar-refractivity contribution >= 4 is 51.0 Å². The first-order chi connectivity index (χ1) is 14.6. The molecule has 0 atom stereocenters. The van der Waals surface area contributed by atoms with Crippen LogP contribution in [0.25, 0.3) is 16.3 Å². The van der Waals surface area contributed by atoms with Crippen molar-refractivity contribution in [1.29, 1.82) is 0 Å². The summed E-state index contributed by atoms with van der Waals surface area (Å²) in [5.41, 5.74) is 4.96. The lowest BCUT2D eigenvalue weighted by Crippen LogP contribution is -2.09. The van der Waals surface area contributed by atoms with Gasteiger partial charge >= 0.3 is 5.97 Å². The number of methoxy groups -OCH3 is 1. The van der Waals surface area contributed by atoms with E-state index in [4.69, 9.17) is 16.3 Å². The van der Waals surface area contributed by atoms with Gasteiger partial charge in [0, 0.05) is 23.3 Å². The van der Waals surface area contributed by atoms with E-state index in [-0.39, 0.29) is 5.78 Å². The molecule has 4 rings (SSSR count). The molecule has 0 N–H and O–H groups in total. The number of nitrogens with zero attached hydrogens (tertiary/aromatic N) is 2. The Hall–Kier alpha value is -3.22. The molecule has 0 saturated heterocycles. The Labute approximate surface area is 182 Å². The first kappa shape index (κ1) is 20.1. The van der Waals surface area contributed by atoms with Gasteiger partial charge in [-0.2, -0.15) is 0 Å². The number of rotatable bonds is 6. The Morgan fingerprint density at radius 3 is 2.90 bits per heavy atom. The van der Waals surface area contributed by atoms with Gasteiger partial charge in [-0.3, -0.25) is 4.79 Å². The van der Waals surface area contributed by atoms with Gasteiger partial charge in [0.15, 0.2) is 0 Å². The summed E-state index contributed by atoms with van der Waals surface area (Å²) < 4.78 is 7.67. The number of carbonyl (C=O) groups is 2. The second kappa shape index (κ2) is 8.65. The highest BCUT2D eigenvalue weighted by Crippen LogP contribution is 2.22. The van der Waals surface area contributed by atoms with E-state index in [0.29, 0.717) is 34.0 Å².